The van der Waals surface area contributed by atoms with Crippen molar-refractivity contribution in [1.29, 1.82) is 0 Å². The number of esters is 1. The molecular weight excluding hydrogens is 252 g/mol. The van der Waals surface area contributed by atoms with Crippen molar-refractivity contribution >= 4 is 15.8 Å². The molecule has 5 heteroatoms. The highest BCUT2D eigenvalue weighted by Gasteiger charge is 2.34. The van der Waals surface area contributed by atoms with Crippen LogP contribution in [0, 0.1) is 0 Å². The number of hydrogen-bond acceptors (Lipinski definition) is 4. The van der Waals surface area contributed by atoms with Crippen LogP contribution in [-0.4, -0.2) is 26.7 Å². The largest absolute Gasteiger partial charge is 0.466 e. The van der Waals surface area contributed by atoms with Gasteiger partial charge in [-0.25, -0.2) is 8.42 Å². The van der Waals surface area contributed by atoms with Crippen LogP contribution in [0.1, 0.15) is 31.2 Å². The molecule has 1 aromatic rings. The Labute approximate surface area is 107 Å². The normalized spacial score (nSPS) is 20.4. The summed E-state index contributed by atoms with van der Waals surface area (Å²) in [5.74, 6) is -0.249. The summed E-state index contributed by atoms with van der Waals surface area (Å²) in [6.45, 7) is 2.12. The Morgan fingerprint density at radius 2 is 2.11 bits per heavy atom. The molecule has 1 aromatic carbocycles. The number of fused-ring (bicyclic) bond motifs is 1. The van der Waals surface area contributed by atoms with Gasteiger partial charge in [0.2, 0.25) is 0 Å². The SMILES string of the molecule is CCOC(=O)CCC1CS(=O)(=O)c2ccccc21. The first kappa shape index (κ1) is 13.1. The Morgan fingerprint density at radius 1 is 1.39 bits per heavy atom. The van der Waals surface area contributed by atoms with E-state index in [2.05, 4.69) is 0 Å². The van der Waals surface area contributed by atoms with Crippen molar-refractivity contribution in [2.45, 2.75) is 30.6 Å². The number of carbonyl (C=O) groups is 1. The van der Waals surface area contributed by atoms with E-state index in [0.717, 1.165) is 5.56 Å². The highest BCUT2D eigenvalue weighted by atomic mass is 32.2. The Hall–Kier alpha value is -1.36. The molecule has 2 rings (SSSR count). The van der Waals surface area contributed by atoms with E-state index in [0.29, 0.717) is 17.9 Å². The maximum atomic E-state index is 11.9. The van der Waals surface area contributed by atoms with E-state index >= 15 is 0 Å². The van der Waals surface area contributed by atoms with Crippen molar-refractivity contribution in [3.05, 3.63) is 29.8 Å². The van der Waals surface area contributed by atoms with Crippen LogP contribution in [0.5, 0.6) is 0 Å². The lowest BCUT2D eigenvalue weighted by atomic mass is 9.96. The molecule has 4 nitrogen and oxygen atoms in total. The number of sulfone groups is 1. The van der Waals surface area contributed by atoms with Crippen LogP contribution in [0.3, 0.4) is 0 Å². The lowest BCUT2D eigenvalue weighted by Crippen LogP contribution is -2.08. The average molecular weight is 268 g/mol. The monoisotopic (exact) mass is 268 g/mol. The van der Waals surface area contributed by atoms with E-state index in [1.165, 1.54) is 0 Å². The zero-order valence-electron chi connectivity index (χ0n) is 10.3. The minimum atomic E-state index is -3.17. The Bertz CT molecular complexity index is 548. The van der Waals surface area contributed by atoms with Gasteiger partial charge in [-0.2, -0.15) is 0 Å². The molecule has 1 aliphatic heterocycles. The van der Waals surface area contributed by atoms with Crippen LogP contribution in [0.4, 0.5) is 0 Å². The zero-order chi connectivity index (χ0) is 13.2. The second kappa shape index (κ2) is 5.10. The van der Waals surface area contributed by atoms with E-state index in [9.17, 15) is 13.2 Å². The third-order valence-corrected chi connectivity index (χ3v) is 5.00. The van der Waals surface area contributed by atoms with Gasteiger partial charge < -0.3 is 4.74 Å². The Balaban J connectivity index is 2.11. The Kier molecular flexibility index (Phi) is 3.71. The highest BCUT2D eigenvalue weighted by molar-refractivity contribution is 7.91. The average Bonchev–Trinajstić information content (AvgIpc) is 2.60. The van der Waals surface area contributed by atoms with Gasteiger partial charge in [-0.05, 0) is 25.0 Å². The van der Waals surface area contributed by atoms with Gasteiger partial charge in [-0.1, -0.05) is 18.2 Å². The van der Waals surface area contributed by atoms with Crippen molar-refractivity contribution in [1.82, 2.24) is 0 Å². The molecule has 0 spiro atoms. The molecule has 1 aliphatic rings. The minimum absolute atomic E-state index is 0.0874. The predicted molar refractivity (Wildman–Crippen MR) is 67.1 cm³/mol. The second-order valence-corrected chi connectivity index (χ2v) is 6.36. The quantitative estimate of drug-likeness (QED) is 0.782. The lowest BCUT2D eigenvalue weighted by molar-refractivity contribution is -0.143. The smallest absolute Gasteiger partial charge is 0.305 e. The van der Waals surface area contributed by atoms with Crippen molar-refractivity contribution in [2.75, 3.05) is 12.4 Å². The van der Waals surface area contributed by atoms with Gasteiger partial charge in [0.1, 0.15) is 0 Å². The second-order valence-electron chi connectivity index (χ2n) is 4.36. The first-order valence-electron chi connectivity index (χ1n) is 6.02. The summed E-state index contributed by atoms with van der Waals surface area (Å²) in [5, 5.41) is 0. The minimum Gasteiger partial charge on any atom is -0.466 e. The molecule has 1 heterocycles. The summed E-state index contributed by atoms with van der Waals surface area (Å²) >= 11 is 0. The van der Waals surface area contributed by atoms with Gasteiger partial charge >= 0.3 is 5.97 Å². The van der Waals surface area contributed by atoms with Gasteiger partial charge in [-0.3, -0.25) is 4.79 Å². The fourth-order valence-electron chi connectivity index (χ4n) is 2.31. The topological polar surface area (TPSA) is 60.4 Å². The molecule has 0 bridgehead atoms. The number of ether oxygens (including phenoxy) is 1. The lowest BCUT2D eigenvalue weighted by Gasteiger charge is -2.08. The molecule has 0 saturated carbocycles. The van der Waals surface area contributed by atoms with Crippen LogP contribution in [0.2, 0.25) is 0 Å². The third kappa shape index (κ3) is 2.56. The maximum absolute atomic E-state index is 11.9. The van der Waals surface area contributed by atoms with Crippen molar-refractivity contribution in [2.24, 2.45) is 0 Å². The molecule has 0 aromatic heterocycles. The molecule has 0 aliphatic carbocycles. The van der Waals surface area contributed by atoms with Gasteiger partial charge in [0.05, 0.1) is 17.3 Å². The summed E-state index contributed by atoms with van der Waals surface area (Å²) in [6.07, 6.45) is 0.789. The molecule has 0 radical (unpaired) electrons. The van der Waals surface area contributed by atoms with Crippen LogP contribution in [0.25, 0.3) is 0 Å². The van der Waals surface area contributed by atoms with Crippen LogP contribution >= 0.6 is 0 Å². The van der Waals surface area contributed by atoms with Crippen molar-refractivity contribution in [3.63, 3.8) is 0 Å². The predicted octanol–water partition coefficient (Wildman–Crippen LogP) is 1.90. The Morgan fingerprint density at radius 3 is 2.83 bits per heavy atom. The summed E-state index contributed by atoms with van der Waals surface area (Å²) in [6, 6.07) is 7.02. The third-order valence-electron chi connectivity index (χ3n) is 3.12. The molecule has 0 fully saturated rings. The summed E-state index contributed by atoms with van der Waals surface area (Å²) in [4.78, 5) is 11.7. The first-order chi connectivity index (χ1) is 8.54. The number of benzene rings is 1. The van der Waals surface area contributed by atoms with Gasteiger partial charge in [0, 0.05) is 12.3 Å². The number of hydrogen-bond donors (Lipinski definition) is 0. The first-order valence-corrected chi connectivity index (χ1v) is 7.67. The molecule has 0 amide bonds. The fraction of sp³-hybridized carbons (Fsp3) is 0.462. The standard InChI is InChI=1S/C13H16O4S/c1-2-17-13(14)8-7-10-9-18(15,16)12-6-4-3-5-11(10)12/h3-6,10H,2,7-9H2,1H3. The highest BCUT2D eigenvalue weighted by Crippen LogP contribution is 2.37. The summed E-state index contributed by atoms with van der Waals surface area (Å²) < 4.78 is 28.7. The fourth-order valence-corrected chi connectivity index (χ4v) is 4.24. The zero-order valence-corrected chi connectivity index (χ0v) is 11.1. The molecule has 98 valence electrons. The van der Waals surface area contributed by atoms with Crippen LogP contribution in [-0.2, 0) is 19.4 Å². The maximum Gasteiger partial charge on any atom is 0.305 e. The summed E-state index contributed by atoms with van der Waals surface area (Å²) in [5.41, 5.74) is 0.835. The van der Waals surface area contributed by atoms with Crippen molar-refractivity contribution < 1.29 is 17.9 Å². The molecule has 18 heavy (non-hydrogen) atoms. The molecule has 0 N–H and O–H groups in total. The van der Waals surface area contributed by atoms with Crippen LogP contribution < -0.4 is 0 Å². The van der Waals surface area contributed by atoms with E-state index in [1.54, 1.807) is 19.1 Å². The van der Waals surface area contributed by atoms with E-state index in [-0.39, 0.29) is 24.1 Å². The van der Waals surface area contributed by atoms with Crippen LogP contribution in [0.15, 0.2) is 29.2 Å². The van der Waals surface area contributed by atoms with Gasteiger partial charge in [0.25, 0.3) is 0 Å². The van der Waals surface area contributed by atoms with Gasteiger partial charge in [0.15, 0.2) is 9.84 Å². The van der Waals surface area contributed by atoms with Gasteiger partial charge in [-0.15, -0.1) is 0 Å². The summed E-state index contributed by atoms with van der Waals surface area (Å²) in [7, 11) is -3.17. The van der Waals surface area contributed by atoms with E-state index in [1.807, 2.05) is 12.1 Å². The number of rotatable bonds is 4. The van der Waals surface area contributed by atoms with E-state index in [4.69, 9.17) is 4.74 Å². The molecule has 1 unspecified atom stereocenters. The molecular formula is C13H16O4S. The number of carbonyl (C=O) groups excluding carboxylic acids is 1. The molecule has 0 saturated heterocycles. The molecule has 1 atom stereocenters. The van der Waals surface area contributed by atoms with E-state index < -0.39 is 9.84 Å². The van der Waals surface area contributed by atoms with Crippen molar-refractivity contribution in [3.8, 4) is 0 Å².